The molecular formula is C22H15FN2O3. The molecule has 0 bridgehead atoms. The molecule has 0 radical (unpaired) electrons. The van der Waals surface area contributed by atoms with Crippen molar-refractivity contribution in [2.45, 2.75) is 12.5 Å². The van der Waals surface area contributed by atoms with Gasteiger partial charge in [-0.3, -0.25) is 9.78 Å². The number of pyridine rings is 1. The first-order chi connectivity index (χ1) is 13.7. The molecule has 0 fully saturated rings. The van der Waals surface area contributed by atoms with Gasteiger partial charge in [-0.05, 0) is 41.5 Å². The maximum atomic E-state index is 14.7. The number of ketones is 1. The Morgan fingerprint density at radius 3 is 2.54 bits per heavy atom. The Morgan fingerprint density at radius 2 is 1.82 bits per heavy atom. The second-order valence-corrected chi connectivity index (χ2v) is 6.31. The van der Waals surface area contributed by atoms with Gasteiger partial charge in [0.05, 0.1) is 23.8 Å². The second-order valence-electron chi connectivity index (χ2n) is 6.31. The summed E-state index contributed by atoms with van der Waals surface area (Å²) in [5.41, 5.74) is 2.27. The Bertz CT molecular complexity index is 1060. The van der Waals surface area contributed by atoms with E-state index in [0.717, 1.165) is 17.2 Å². The van der Waals surface area contributed by atoms with Crippen LogP contribution in [0.4, 0.5) is 4.39 Å². The summed E-state index contributed by atoms with van der Waals surface area (Å²) in [6.07, 6.45) is 2.86. The van der Waals surface area contributed by atoms with E-state index >= 15 is 0 Å². The Hall–Kier alpha value is -3.72. The number of carbonyl (C=O) groups excluding carboxylic acids is 1. The molecule has 2 aromatic carbocycles. The lowest BCUT2D eigenvalue weighted by atomic mass is 10.0. The van der Waals surface area contributed by atoms with Gasteiger partial charge >= 0.3 is 0 Å². The summed E-state index contributed by atoms with van der Waals surface area (Å²) < 4.78 is 26.2. The number of carbonyl (C=O) groups is 1. The van der Waals surface area contributed by atoms with Crippen molar-refractivity contribution < 1.29 is 18.7 Å². The van der Waals surface area contributed by atoms with Gasteiger partial charge in [-0.15, -0.1) is 0 Å². The van der Waals surface area contributed by atoms with Crippen LogP contribution in [0, 0.1) is 17.1 Å². The average Bonchev–Trinajstić information content (AvgIpc) is 2.74. The first kappa shape index (κ1) is 17.7. The lowest BCUT2D eigenvalue weighted by molar-refractivity contribution is 0.0932. The van der Waals surface area contributed by atoms with Gasteiger partial charge in [0.25, 0.3) is 0 Å². The van der Waals surface area contributed by atoms with E-state index in [2.05, 4.69) is 11.1 Å². The van der Waals surface area contributed by atoms with Crippen LogP contribution in [0.5, 0.6) is 11.5 Å². The standard InChI is InChI=1S/C22H15FN2O3/c23-18-11-17-19(26)7-10-27-20(17)12-21(18)28-22(16-5-8-25-9-6-16)15-3-1-14(13-24)2-4-15/h1-6,8-9,11-12,22H,7,10H2. The number of nitriles is 1. The molecule has 1 aliphatic rings. The van der Waals surface area contributed by atoms with Gasteiger partial charge in [-0.2, -0.15) is 5.26 Å². The Labute approximate surface area is 161 Å². The number of aromatic nitrogens is 1. The molecule has 1 aromatic heterocycles. The van der Waals surface area contributed by atoms with Gasteiger partial charge in [-0.1, -0.05) is 12.1 Å². The Kier molecular flexibility index (Phi) is 4.73. The van der Waals surface area contributed by atoms with E-state index in [1.54, 1.807) is 48.8 Å². The highest BCUT2D eigenvalue weighted by Crippen LogP contribution is 2.35. The van der Waals surface area contributed by atoms with Gasteiger partial charge in [0.15, 0.2) is 17.3 Å². The first-order valence-corrected chi connectivity index (χ1v) is 8.72. The van der Waals surface area contributed by atoms with Crippen LogP contribution in [0.2, 0.25) is 0 Å². The number of rotatable bonds is 4. The summed E-state index contributed by atoms with van der Waals surface area (Å²) in [7, 11) is 0. The third kappa shape index (κ3) is 3.42. The van der Waals surface area contributed by atoms with Gasteiger partial charge in [-0.25, -0.2) is 4.39 Å². The van der Waals surface area contributed by atoms with E-state index in [9.17, 15) is 9.18 Å². The summed E-state index contributed by atoms with van der Waals surface area (Å²) in [5, 5.41) is 9.01. The van der Waals surface area contributed by atoms with Crippen molar-refractivity contribution in [1.82, 2.24) is 4.98 Å². The lowest BCUT2D eigenvalue weighted by Gasteiger charge is -2.22. The van der Waals surface area contributed by atoms with E-state index in [1.807, 2.05) is 0 Å². The SMILES string of the molecule is N#Cc1ccc(C(Oc2cc3c(cc2F)C(=O)CCO3)c2ccncc2)cc1. The van der Waals surface area contributed by atoms with Gasteiger partial charge < -0.3 is 9.47 Å². The van der Waals surface area contributed by atoms with Crippen molar-refractivity contribution in [2.24, 2.45) is 0 Å². The molecule has 138 valence electrons. The molecule has 4 rings (SSSR count). The smallest absolute Gasteiger partial charge is 0.170 e. The number of ether oxygens (including phenoxy) is 2. The number of nitrogens with zero attached hydrogens (tertiary/aromatic N) is 2. The van der Waals surface area contributed by atoms with E-state index in [0.29, 0.717) is 11.3 Å². The van der Waals surface area contributed by atoms with E-state index in [1.165, 1.54) is 6.07 Å². The normalized spacial score (nSPS) is 13.8. The summed E-state index contributed by atoms with van der Waals surface area (Å²) in [6.45, 7) is 0.264. The van der Waals surface area contributed by atoms with Crippen LogP contribution in [0.1, 0.15) is 39.6 Å². The van der Waals surface area contributed by atoms with E-state index in [4.69, 9.17) is 14.7 Å². The minimum Gasteiger partial charge on any atom is -0.492 e. The number of hydrogen-bond donors (Lipinski definition) is 0. The van der Waals surface area contributed by atoms with Crippen molar-refractivity contribution in [2.75, 3.05) is 6.61 Å². The molecule has 0 saturated heterocycles. The number of Topliss-reactive ketones (excluding diaryl/α,β-unsaturated/α-hetero) is 1. The van der Waals surface area contributed by atoms with Crippen molar-refractivity contribution in [3.05, 3.63) is 89.0 Å². The topological polar surface area (TPSA) is 72.2 Å². The monoisotopic (exact) mass is 374 g/mol. The maximum absolute atomic E-state index is 14.7. The predicted octanol–water partition coefficient (Wildman–Crippen LogP) is 4.23. The van der Waals surface area contributed by atoms with Crippen LogP contribution >= 0.6 is 0 Å². The van der Waals surface area contributed by atoms with Gasteiger partial charge in [0.2, 0.25) is 0 Å². The maximum Gasteiger partial charge on any atom is 0.170 e. The second kappa shape index (κ2) is 7.49. The molecule has 0 N–H and O–H groups in total. The van der Waals surface area contributed by atoms with Crippen LogP contribution in [-0.2, 0) is 0 Å². The van der Waals surface area contributed by atoms with Crippen LogP contribution in [0.15, 0.2) is 60.9 Å². The Balaban J connectivity index is 1.74. The molecule has 6 heteroatoms. The molecule has 1 atom stereocenters. The Morgan fingerprint density at radius 1 is 1.11 bits per heavy atom. The number of fused-ring (bicyclic) bond motifs is 1. The lowest BCUT2D eigenvalue weighted by Crippen LogP contribution is -2.16. The molecule has 3 aromatic rings. The number of halogens is 1. The van der Waals surface area contributed by atoms with Gasteiger partial charge in [0, 0.05) is 24.9 Å². The highest BCUT2D eigenvalue weighted by Gasteiger charge is 2.24. The molecule has 0 amide bonds. The molecule has 0 spiro atoms. The summed E-state index contributed by atoms with van der Waals surface area (Å²) >= 11 is 0. The molecule has 2 heterocycles. The molecule has 0 saturated carbocycles. The van der Waals surface area contributed by atoms with Crippen molar-refractivity contribution in [3.8, 4) is 17.6 Å². The zero-order valence-corrected chi connectivity index (χ0v) is 14.8. The molecule has 1 aliphatic heterocycles. The third-order valence-corrected chi connectivity index (χ3v) is 4.52. The van der Waals surface area contributed by atoms with E-state index < -0.39 is 11.9 Å². The molecule has 5 nitrogen and oxygen atoms in total. The van der Waals surface area contributed by atoms with Crippen LogP contribution in [0.3, 0.4) is 0 Å². The minimum absolute atomic E-state index is 0.0142. The zero-order valence-electron chi connectivity index (χ0n) is 14.8. The van der Waals surface area contributed by atoms with Crippen LogP contribution in [0.25, 0.3) is 0 Å². The van der Waals surface area contributed by atoms with Crippen molar-refractivity contribution in [1.29, 1.82) is 5.26 Å². The number of benzene rings is 2. The highest BCUT2D eigenvalue weighted by molar-refractivity contribution is 5.99. The third-order valence-electron chi connectivity index (χ3n) is 4.52. The quantitative estimate of drug-likeness (QED) is 0.683. The van der Waals surface area contributed by atoms with Crippen LogP contribution in [-0.4, -0.2) is 17.4 Å². The molecule has 0 aliphatic carbocycles. The fourth-order valence-electron chi connectivity index (χ4n) is 3.08. The average molecular weight is 374 g/mol. The summed E-state index contributed by atoms with van der Waals surface area (Å²) in [6, 6.07) is 15.1. The zero-order chi connectivity index (χ0) is 19.5. The summed E-state index contributed by atoms with van der Waals surface area (Å²) in [4.78, 5) is 16.0. The van der Waals surface area contributed by atoms with Crippen molar-refractivity contribution in [3.63, 3.8) is 0 Å². The highest BCUT2D eigenvalue weighted by atomic mass is 19.1. The molecule has 28 heavy (non-hydrogen) atoms. The van der Waals surface area contributed by atoms with Gasteiger partial charge in [0.1, 0.15) is 11.9 Å². The number of hydrogen-bond acceptors (Lipinski definition) is 5. The summed E-state index contributed by atoms with van der Waals surface area (Å²) in [5.74, 6) is -0.477. The van der Waals surface area contributed by atoms with E-state index in [-0.39, 0.29) is 30.1 Å². The largest absolute Gasteiger partial charge is 0.492 e. The fourth-order valence-corrected chi connectivity index (χ4v) is 3.08. The molecular weight excluding hydrogens is 359 g/mol. The van der Waals surface area contributed by atoms with Crippen molar-refractivity contribution >= 4 is 5.78 Å². The molecule has 1 unspecified atom stereocenters. The predicted molar refractivity (Wildman–Crippen MR) is 98.7 cm³/mol. The fraction of sp³-hybridized carbons (Fsp3) is 0.136. The van der Waals surface area contributed by atoms with Crippen LogP contribution < -0.4 is 9.47 Å². The minimum atomic E-state index is -0.634. The first-order valence-electron chi connectivity index (χ1n) is 8.72.